The molecule has 1 fully saturated rings. The molecule has 30 heavy (non-hydrogen) atoms. The number of hydrogen-bond donors (Lipinski definition) is 3. The number of halogens is 2. The molecule has 3 rings (SSSR count). The molecule has 9 nitrogen and oxygen atoms in total. The summed E-state index contributed by atoms with van der Waals surface area (Å²) in [6.07, 6.45) is 1.47. The van der Waals surface area contributed by atoms with Crippen molar-refractivity contribution < 1.29 is 26.7 Å². The Morgan fingerprint density at radius 2 is 1.87 bits per heavy atom. The van der Waals surface area contributed by atoms with Crippen LogP contribution in [0.3, 0.4) is 0 Å². The largest absolute Gasteiger partial charge is 0.446 e. The molecule has 12 heteroatoms. The lowest BCUT2D eigenvalue weighted by Gasteiger charge is -2.13. The SMILES string of the molecule is NS(=O)(=O)c1ccc(Nc2ncc([C@@H]3CC[C@H](OC(=O)NCC(F)F)C3)cn2)cc1. The van der Waals surface area contributed by atoms with E-state index in [2.05, 4.69) is 15.3 Å². The number of sulfonamides is 1. The third-order valence-corrected chi connectivity index (χ3v) is 5.57. The van der Waals surface area contributed by atoms with Crippen molar-refractivity contribution >= 4 is 27.8 Å². The average molecular weight is 441 g/mol. The Bertz CT molecular complexity index is 971. The predicted octanol–water partition coefficient (Wildman–Crippen LogP) is 2.50. The van der Waals surface area contributed by atoms with E-state index in [0.717, 1.165) is 12.0 Å². The van der Waals surface area contributed by atoms with Gasteiger partial charge in [-0.25, -0.2) is 37.1 Å². The number of aromatic nitrogens is 2. The number of carbonyl (C=O) groups is 1. The second-order valence-corrected chi connectivity index (χ2v) is 8.41. The number of alkyl carbamates (subject to hydrolysis) is 1. The standard InChI is InChI=1S/C18H21F2N5O4S/c19-16(20)10-24-18(26)29-14-4-1-11(7-14)12-8-22-17(23-9-12)25-13-2-5-15(6-3-13)30(21,27)28/h2-3,5-6,8-9,11,14,16H,1,4,7,10H2,(H,24,26)(H2,21,27,28)(H,22,23,25)/t11-,14+/m1/s1. The molecule has 1 aromatic carbocycles. The number of amides is 1. The van der Waals surface area contributed by atoms with Gasteiger partial charge < -0.3 is 15.4 Å². The third-order valence-electron chi connectivity index (χ3n) is 4.64. The van der Waals surface area contributed by atoms with E-state index in [1.807, 2.05) is 5.32 Å². The Labute approximate surface area is 172 Å². The summed E-state index contributed by atoms with van der Waals surface area (Å²) >= 11 is 0. The molecule has 162 valence electrons. The van der Waals surface area contributed by atoms with Gasteiger partial charge >= 0.3 is 6.09 Å². The first-order valence-electron chi connectivity index (χ1n) is 9.15. The molecule has 1 aromatic heterocycles. The van der Waals surface area contributed by atoms with Crippen LogP contribution >= 0.6 is 0 Å². The zero-order chi connectivity index (χ0) is 21.7. The highest BCUT2D eigenvalue weighted by Gasteiger charge is 2.29. The lowest BCUT2D eigenvalue weighted by Crippen LogP contribution is -2.31. The van der Waals surface area contributed by atoms with Crippen LogP contribution in [0.15, 0.2) is 41.6 Å². The van der Waals surface area contributed by atoms with Gasteiger partial charge in [-0.3, -0.25) is 0 Å². The topological polar surface area (TPSA) is 136 Å². The van der Waals surface area contributed by atoms with Gasteiger partial charge in [0.2, 0.25) is 16.0 Å². The van der Waals surface area contributed by atoms with Crippen LogP contribution in [0.5, 0.6) is 0 Å². The van der Waals surface area contributed by atoms with E-state index in [4.69, 9.17) is 9.88 Å². The highest BCUT2D eigenvalue weighted by atomic mass is 32.2. The normalized spacial score (nSPS) is 18.9. The summed E-state index contributed by atoms with van der Waals surface area (Å²) in [7, 11) is -3.75. The number of nitrogens with zero attached hydrogens (tertiary/aromatic N) is 2. The van der Waals surface area contributed by atoms with Gasteiger partial charge in [0.25, 0.3) is 6.43 Å². The molecule has 1 saturated carbocycles. The van der Waals surface area contributed by atoms with Gasteiger partial charge in [-0.1, -0.05) is 0 Å². The molecule has 2 atom stereocenters. The van der Waals surface area contributed by atoms with E-state index in [1.165, 1.54) is 12.1 Å². The summed E-state index contributed by atoms with van der Waals surface area (Å²) in [6.45, 7) is -0.734. The average Bonchev–Trinajstić information content (AvgIpc) is 3.15. The molecule has 0 spiro atoms. The van der Waals surface area contributed by atoms with Gasteiger partial charge in [0, 0.05) is 18.1 Å². The summed E-state index contributed by atoms with van der Waals surface area (Å²) in [4.78, 5) is 20.0. The minimum atomic E-state index is -3.75. The first-order valence-corrected chi connectivity index (χ1v) is 10.7. The Hall–Kier alpha value is -2.86. The molecule has 0 bridgehead atoms. The van der Waals surface area contributed by atoms with Crippen LogP contribution in [0, 0.1) is 0 Å². The third kappa shape index (κ3) is 6.07. The smallest absolute Gasteiger partial charge is 0.407 e. The number of carbonyl (C=O) groups excluding carboxylic acids is 1. The fourth-order valence-corrected chi connectivity index (χ4v) is 3.69. The highest BCUT2D eigenvalue weighted by Crippen LogP contribution is 2.35. The zero-order valence-corrected chi connectivity index (χ0v) is 16.6. The molecule has 1 aliphatic rings. The van der Waals surface area contributed by atoms with E-state index in [1.54, 1.807) is 24.5 Å². The lowest BCUT2D eigenvalue weighted by molar-refractivity contribution is 0.0889. The van der Waals surface area contributed by atoms with Crippen molar-refractivity contribution in [1.29, 1.82) is 0 Å². The predicted molar refractivity (Wildman–Crippen MR) is 104 cm³/mol. The second-order valence-electron chi connectivity index (χ2n) is 6.84. The number of primary sulfonamides is 1. The number of hydrogen-bond acceptors (Lipinski definition) is 7. The van der Waals surface area contributed by atoms with Crippen molar-refractivity contribution in [2.45, 2.75) is 42.6 Å². The number of nitrogens with one attached hydrogen (secondary N) is 2. The van der Waals surface area contributed by atoms with Crippen molar-refractivity contribution in [2.24, 2.45) is 5.14 Å². The van der Waals surface area contributed by atoms with Crippen molar-refractivity contribution in [3.63, 3.8) is 0 Å². The molecule has 0 unspecified atom stereocenters. The summed E-state index contributed by atoms with van der Waals surface area (Å²) in [5.41, 5.74) is 1.48. The number of anilines is 2. The fraction of sp³-hybridized carbons (Fsp3) is 0.389. The molecule has 1 heterocycles. The van der Waals surface area contributed by atoms with Crippen molar-refractivity contribution in [3.05, 3.63) is 42.2 Å². The minimum Gasteiger partial charge on any atom is -0.446 e. The van der Waals surface area contributed by atoms with E-state index >= 15 is 0 Å². The van der Waals surface area contributed by atoms with Gasteiger partial charge in [0.05, 0.1) is 11.4 Å². The van der Waals surface area contributed by atoms with E-state index in [9.17, 15) is 22.0 Å². The number of ether oxygens (including phenoxy) is 1. The van der Waals surface area contributed by atoms with Gasteiger partial charge in [-0.15, -0.1) is 0 Å². The van der Waals surface area contributed by atoms with Crippen LogP contribution < -0.4 is 15.8 Å². The Kier molecular flexibility index (Phi) is 6.77. The maximum Gasteiger partial charge on any atom is 0.407 e. The Morgan fingerprint density at radius 3 is 2.47 bits per heavy atom. The first-order chi connectivity index (χ1) is 14.2. The maximum atomic E-state index is 12.1. The molecular weight excluding hydrogens is 420 g/mol. The van der Waals surface area contributed by atoms with Crippen LogP contribution in [0.1, 0.15) is 30.7 Å². The van der Waals surface area contributed by atoms with Crippen LogP contribution in [0.2, 0.25) is 0 Å². The lowest BCUT2D eigenvalue weighted by atomic mass is 10.0. The van der Waals surface area contributed by atoms with Gasteiger partial charge in [0.15, 0.2) is 0 Å². The Balaban J connectivity index is 1.53. The monoisotopic (exact) mass is 441 g/mol. The molecule has 1 aliphatic carbocycles. The second kappa shape index (κ2) is 9.30. The molecular formula is C18H21F2N5O4S. The van der Waals surface area contributed by atoms with Gasteiger partial charge in [0.1, 0.15) is 6.10 Å². The minimum absolute atomic E-state index is 0.00482. The molecule has 0 radical (unpaired) electrons. The van der Waals surface area contributed by atoms with Gasteiger partial charge in [-0.05, 0) is 55.0 Å². The van der Waals surface area contributed by atoms with Gasteiger partial charge in [-0.2, -0.15) is 0 Å². The van der Waals surface area contributed by atoms with E-state index in [-0.39, 0.29) is 16.9 Å². The van der Waals surface area contributed by atoms with Crippen molar-refractivity contribution in [2.75, 3.05) is 11.9 Å². The van der Waals surface area contributed by atoms with Crippen LogP contribution in [0.25, 0.3) is 0 Å². The summed E-state index contributed by atoms with van der Waals surface area (Å²) < 4.78 is 51.9. The highest BCUT2D eigenvalue weighted by molar-refractivity contribution is 7.89. The molecule has 2 aromatic rings. The molecule has 1 amide bonds. The molecule has 0 saturated heterocycles. The van der Waals surface area contributed by atoms with Crippen molar-refractivity contribution in [1.82, 2.24) is 15.3 Å². The first kappa shape index (κ1) is 21.8. The van der Waals surface area contributed by atoms with E-state index in [0.29, 0.717) is 24.5 Å². The Morgan fingerprint density at radius 1 is 1.20 bits per heavy atom. The van der Waals surface area contributed by atoms with Crippen LogP contribution in [-0.2, 0) is 14.8 Å². The number of benzene rings is 1. The maximum absolute atomic E-state index is 12.1. The number of rotatable bonds is 7. The fourth-order valence-electron chi connectivity index (χ4n) is 3.17. The van der Waals surface area contributed by atoms with E-state index < -0.39 is 29.1 Å². The molecule has 0 aliphatic heterocycles. The van der Waals surface area contributed by atoms with Crippen molar-refractivity contribution in [3.8, 4) is 0 Å². The molecule has 4 N–H and O–H groups in total. The number of alkyl halides is 2. The van der Waals surface area contributed by atoms with Crippen LogP contribution in [-0.4, -0.2) is 43.6 Å². The summed E-state index contributed by atoms with van der Waals surface area (Å²) in [5, 5.41) is 10.0. The summed E-state index contributed by atoms with van der Waals surface area (Å²) in [6, 6.07) is 5.86. The van der Waals surface area contributed by atoms with Crippen LogP contribution in [0.4, 0.5) is 25.2 Å². The zero-order valence-electron chi connectivity index (χ0n) is 15.8. The quantitative estimate of drug-likeness (QED) is 0.600. The summed E-state index contributed by atoms with van der Waals surface area (Å²) in [5.74, 6) is 0.431. The number of nitrogens with two attached hydrogens (primary N) is 1.